The summed E-state index contributed by atoms with van der Waals surface area (Å²) in [5, 5.41) is 9.99. The van der Waals surface area contributed by atoms with Crippen molar-refractivity contribution < 1.29 is 9.90 Å². The Labute approximate surface area is 167 Å². The van der Waals surface area contributed by atoms with Crippen LogP contribution in [0.15, 0.2) is 54.6 Å². The number of hydrogen-bond donors (Lipinski definition) is 1. The van der Waals surface area contributed by atoms with Crippen molar-refractivity contribution in [1.29, 1.82) is 0 Å². The van der Waals surface area contributed by atoms with Gasteiger partial charge in [-0.25, -0.2) is 0 Å². The van der Waals surface area contributed by atoms with Gasteiger partial charge in [-0.05, 0) is 41.0 Å². The number of phenolic OH excluding ortho intramolecular Hbond substituents is 1. The minimum Gasteiger partial charge on any atom is -0.508 e. The fraction of sp³-hybridized carbons (Fsp3) is 0.458. The van der Waals surface area contributed by atoms with Gasteiger partial charge in [-0.1, -0.05) is 56.3 Å². The number of rotatable bonds is 2. The summed E-state index contributed by atoms with van der Waals surface area (Å²) in [7, 11) is 0. The molecule has 2 aliphatic rings. The summed E-state index contributed by atoms with van der Waals surface area (Å²) in [5.74, 6) is 0.934. The molecule has 2 aliphatic heterocycles. The van der Waals surface area contributed by atoms with Crippen molar-refractivity contribution in [3.05, 3.63) is 65.7 Å². The predicted molar refractivity (Wildman–Crippen MR) is 111 cm³/mol. The zero-order valence-corrected chi connectivity index (χ0v) is 17.0. The first-order valence-electron chi connectivity index (χ1n) is 10.2. The highest BCUT2D eigenvalue weighted by atomic mass is 16.3. The van der Waals surface area contributed by atoms with E-state index in [0.29, 0.717) is 17.7 Å². The number of carbonyl (C=O) groups excluding carboxylic acids is 1. The quantitative estimate of drug-likeness (QED) is 0.860. The van der Waals surface area contributed by atoms with E-state index < -0.39 is 0 Å². The van der Waals surface area contributed by atoms with Crippen LogP contribution in [0, 0.1) is 5.92 Å². The first kappa shape index (κ1) is 19.0. The maximum atomic E-state index is 12.5. The molecule has 2 fully saturated rings. The molecule has 1 N–H and O–H groups in total. The molecule has 0 saturated carbocycles. The van der Waals surface area contributed by atoms with Crippen molar-refractivity contribution >= 4 is 5.91 Å². The van der Waals surface area contributed by atoms with Gasteiger partial charge in [0.15, 0.2) is 0 Å². The third kappa shape index (κ3) is 3.30. The summed E-state index contributed by atoms with van der Waals surface area (Å²) in [6.45, 7) is 8.96. The third-order valence-corrected chi connectivity index (χ3v) is 7.06. The number of benzene rings is 2. The van der Waals surface area contributed by atoms with Crippen molar-refractivity contribution in [3.8, 4) is 5.75 Å². The van der Waals surface area contributed by atoms with Crippen LogP contribution in [0.1, 0.15) is 44.4 Å². The Morgan fingerprint density at radius 3 is 2.50 bits per heavy atom. The first-order chi connectivity index (χ1) is 13.4. The van der Waals surface area contributed by atoms with Crippen LogP contribution < -0.4 is 0 Å². The summed E-state index contributed by atoms with van der Waals surface area (Å²) in [6, 6.07) is 18.6. The monoisotopic (exact) mass is 378 g/mol. The molecule has 0 spiro atoms. The fourth-order valence-electron chi connectivity index (χ4n) is 5.17. The summed E-state index contributed by atoms with van der Waals surface area (Å²) in [6.07, 6.45) is 0.989. The maximum Gasteiger partial charge on any atom is 0.220 e. The van der Waals surface area contributed by atoms with Crippen LogP contribution in [0.5, 0.6) is 5.75 Å². The lowest BCUT2D eigenvalue weighted by atomic mass is 9.65. The second-order valence-electron chi connectivity index (χ2n) is 8.78. The Balaban J connectivity index is 1.62. The van der Waals surface area contributed by atoms with Crippen LogP contribution in [0.3, 0.4) is 0 Å². The normalized spacial score (nSPS) is 30.7. The Morgan fingerprint density at radius 2 is 1.82 bits per heavy atom. The van der Waals surface area contributed by atoms with Crippen LogP contribution >= 0.6 is 0 Å². The Kier molecular flexibility index (Phi) is 4.92. The van der Waals surface area contributed by atoms with Crippen molar-refractivity contribution in [3.63, 3.8) is 0 Å². The van der Waals surface area contributed by atoms with Crippen LogP contribution in [0.2, 0.25) is 0 Å². The Hall–Kier alpha value is -2.33. The molecule has 0 aliphatic carbocycles. The average Bonchev–Trinajstić information content (AvgIpc) is 2.68. The number of amides is 1. The minimum absolute atomic E-state index is 0.0120. The highest BCUT2D eigenvalue weighted by molar-refractivity contribution is 5.74. The smallest absolute Gasteiger partial charge is 0.220 e. The van der Waals surface area contributed by atoms with Gasteiger partial charge in [0.05, 0.1) is 6.04 Å². The number of piperazine rings is 1. The van der Waals surface area contributed by atoms with E-state index >= 15 is 0 Å². The molecule has 4 atom stereocenters. The summed E-state index contributed by atoms with van der Waals surface area (Å²) in [4.78, 5) is 17.1. The van der Waals surface area contributed by atoms with E-state index in [1.807, 2.05) is 18.2 Å². The second kappa shape index (κ2) is 7.25. The molecule has 2 heterocycles. The van der Waals surface area contributed by atoms with E-state index in [4.69, 9.17) is 0 Å². The van der Waals surface area contributed by atoms with Gasteiger partial charge in [-0.15, -0.1) is 0 Å². The van der Waals surface area contributed by atoms with Gasteiger partial charge in [-0.2, -0.15) is 0 Å². The summed E-state index contributed by atoms with van der Waals surface area (Å²) in [5.41, 5.74) is 2.39. The predicted octanol–water partition coefficient (Wildman–Crippen LogP) is 3.96. The van der Waals surface area contributed by atoms with Gasteiger partial charge < -0.3 is 10.0 Å². The SMILES string of the molecule is CC(=O)N1CC2CC(C)(c3cccc(O)c3)C(C)CN2CC1c1ccccc1. The van der Waals surface area contributed by atoms with Gasteiger partial charge in [0.25, 0.3) is 0 Å². The Bertz CT molecular complexity index is 853. The fourth-order valence-corrected chi connectivity index (χ4v) is 5.17. The lowest BCUT2D eigenvalue weighted by Crippen LogP contribution is -2.62. The zero-order chi connectivity index (χ0) is 19.9. The van der Waals surface area contributed by atoms with E-state index in [1.165, 1.54) is 11.1 Å². The number of fused-ring (bicyclic) bond motifs is 1. The average molecular weight is 379 g/mol. The molecule has 0 aromatic heterocycles. The topological polar surface area (TPSA) is 43.8 Å². The lowest BCUT2D eigenvalue weighted by molar-refractivity contribution is -0.138. The summed E-state index contributed by atoms with van der Waals surface area (Å²) < 4.78 is 0. The molecule has 2 aromatic carbocycles. The largest absolute Gasteiger partial charge is 0.508 e. The van der Waals surface area contributed by atoms with Gasteiger partial charge >= 0.3 is 0 Å². The molecule has 2 aromatic rings. The molecule has 4 rings (SSSR count). The number of aromatic hydroxyl groups is 1. The lowest BCUT2D eigenvalue weighted by Gasteiger charge is -2.55. The van der Waals surface area contributed by atoms with Gasteiger partial charge in [0, 0.05) is 32.6 Å². The maximum absolute atomic E-state index is 12.5. The number of phenols is 1. The van der Waals surface area contributed by atoms with Crippen LogP contribution in [0.4, 0.5) is 0 Å². The molecule has 0 radical (unpaired) electrons. The van der Waals surface area contributed by atoms with Crippen LogP contribution in [-0.4, -0.2) is 46.5 Å². The van der Waals surface area contributed by atoms with E-state index in [0.717, 1.165) is 26.1 Å². The first-order valence-corrected chi connectivity index (χ1v) is 10.2. The molecule has 4 heteroatoms. The molecular weight excluding hydrogens is 348 g/mol. The van der Waals surface area contributed by atoms with E-state index in [2.05, 4.69) is 54.0 Å². The van der Waals surface area contributed by atoms with Crippen molar-refractivity contribution in [2.24, 2.45) is 5.92 Å². The number of piperidine rings is 1. The van der Waals surface area contributed by atoms with Crippen molar-refractivity contribution in [2.75, 3.05) is 19.6 Å². The minimum atomic E-state index is -0.0120. The standard InChI is InChI=1S/C24H30N2O2/c1-17-14-25-16-23(19-8-5-4-6-9-19)26(18(2)27)15-21(25)13-24(17,3)20-10-7-11-22(28)12-20/h4-12,17,21,23,28H,13-16H2,1-3H3. The number of nitrogens with zero attached hydrogens (tertiary/aromatic N) is 2. The van der Waals surface area contributed by atoms with E-state index in [1.54, 1.807) is 13.0 Å². The van der Waals surface area contributed by atoms with Gasteiger partial charge in [-0.3, -0.25) is 9.69 Å². The molecular formula is C24H30N2O2. The van der Waals surface area contributed by atoms with E-state index in [-0.39, 0.29) is 17.4 Å². The second-order valence-corrected chi connectivity index (χ2v) is 8.78. The molecule has 1 amide bonds. The van der Waals surface area contributed by atoms with E-state index in [9.17, 15) is 9.90 Å². The van der Waals surface area contributed by atoms with Crippen molar-refractivity contribution in [2.45, 2.75) is 44.7 Å². The van der Waals surface area contributed by atoms with Crippen LogP contribution in [0.25, 0.3) is 0 Å². The van der Waals surface area contributed by atoms with Gasteiger partial charge in [0.2, 0.25) is 5.91 Å². The Morgan fingerprint density at radius 1 is 1.07 bits per heavy atom. The highest BCUT2D eigenvalue weighted by Crippen LogP contribution is 2.45. The summed E-state index contributed by atoms with van der Waals surface area (Å²) >= 11 is 0. The number of hydrogen-bond acceptors (Lipinski definition) is 3. The molecule has 0 bridgehead atoms. The van der Waals surface area contributed by atoms with Crippen molar-refractivity contribution in [1.82, 2.24) is 9.80 Å². The number of carbonyl (C=O) groups is 1. The molecule has 4 nitrogen and oxygen atoms in total. The van der Waals surface area contributed by atoms with Gasteiger partial charge in [0.1, 0.15) is 5.75 Å². The molecule has 28 heavy (non-hydrogen) atoms. The molecule has 2 saturated heterocycles. The van der Waals surface area contributed by atoms with Crippen LogP contribution in [-0.2, 0) is 10.2 Å². The third-order valence-electron chi connectivity index (χ3n) is 7.06. The zero-order valence-electron chi connectivity index (χ0n) is 17.0. The highest BCUT2D eigenvalue weighted by Gasteiger charge is 2.47. The molecule has 4 unspecified atom stereocenters. The molecule has 148 valence electrons.